The number of nitrogens with two attached hydrogens (primary N) is 1. The lowest BCUT2D eigenvalue weighted by Crippen LogP contribution is -2.41. The number of halogens is 4. The number of carbonyl (C=O) groups is 2. The van der Waals surface area contributed by atoms with E-state index >= 15 is 0 Å². The average Bonchev–Trinajstić information content (AvgIpc) is 3.51. The standard InChI is InChI=1S/C21H17ClFN5O2S.C15H11FN2S.C6H6ClN3O2/c22-16-8-12(20(29)30)10-25-19(16)27-28-21(31)26-18-14-2-1-7-24-17(14)6-4-11-3-5-13(23)9-15(11)18;16-11-5-3-10-4-6-14-12(2-1-7-17-14)15(18-9-19)13(10)8-11;7-4-1-3(6(11)12)2-9-5(4)10-8/h1-3,5,7-10,18H,4,6H2,(H,25,27)(H,29,30)(H2,26,28,31);1-3,5,7-8,15H,4,6H2;1-2H,8H2,(H,9,10)(H,11,12). The van der Waals surface area contributed by atoms with E-state index in [0.717, 1.165) is 70.5 Å². The van der Waals surface area contributed by atoms with Crippen molar-refractivity contribution in [2.24, 2.45) is 10.8 Å². The Morgan fingerprint density at radius 3 is 1.82 bits per heavy atom. The molecule has 0 fully saturated rings. The summed E-state index contributed by atoms with van der Waals surface area (Å²) in [5.41, 5.74) is 15.4. The first-order valence-corrected chi connectivity index (χ1v) is 20.0. The first kappa shape index (κ1) is 45.0. The molecule has 4 heterocycles. The molecule has 2 unspecified atom stereocenters. The number of aryl methyl sites for hydroxylation is 4. The van der Waals surface area contributed by atoms with Crippen LogP contribution in [0.15, 0.2) is 103 Å². The molecule has 8 rings (SSSR count). The van der Waals surface area contributed by atoms with Gasteiger partial charge in [-0.2, -0.15) is 0 Å². The Balaban J connectivity index is 0.000000175. The number of nitrogen functional groups attached to an aromatic ring is 1. The molecule has 0 saturated heterocycles. The minimum Gasteiger partial charge on any atom is -0.478 e. The summed E-state index contributed by atoms with van der Waals surface area (Å²) in [5, 5.41) is 23.7. The first-order valence-electron chi connectivity index (χ1n) is 18.4. The zero-order valence-corrected chi connectivity index (χ0v) is 35.2. The van der Waals surface area contributed by atoms with Crippen molar-refractivity contribution in [3.8, 4) is 0 Å². The lowest BCUT2D eigenvalue weighted by Gasteiger charge is -2.23. The van der Waals surface area contributed by atoms with Gasteiger partial charge in [-0.3, -0.25) is 20.8 Å². The van der Waals surface area contributed by atoms with Crippen LogP contribution >= 0.6 is 47.6 Å². The molecule has 0 amide bonds. The number of hydrogen-bond acceptors (Lipinski definition) is 12. The van der Waals surface area contributed by atoms with Crippen LogP contribution in [0.25, 0.3) is 0 Å². The van der Waals surface area contributed by atoms with Crippen molar-refractivity contribution in [2.45, 2.75) is 37.8 Å². The molecule has 0 spiro atoms. The van der Waals surface area contributed by atoms with E-state index in [0.29, 0.717) is 0 Å². The van der Waals surface area contributed by atoms with Crippen molar-refractivity contribution in [1.82, 2.24) is 30.7 Å². The number of isothiocyanates is 1. The molecule has 14 nitrogen and oxygen atoms in total. The van der Waals surface area contributed by atoms with Gasteiger partial charge in [-0.05, 0) is 121 Å². The fraction of sp³-hybridized carbons (Fsp3) is 0.143. The molecule has 62 heavy (non-hydrogen) atoms. The highest BCUT2D eigenvalue weighted by Crippen LogP contribution is 2.35. The van der Waals surface area contributed by atoms with Crippen LogP contribution in [0.1, 0.15) is 77.6 Å². The Kier molecular flexibility index (Phi) is 15.1. The van der Waals surface area contributed by atoms with Crippen molar-refractivity contribution in [1.29, 1.82) is 0 Å². The van der Waals surface area contributed by atoms with Gasteiger partial charge in [-0.1, -0.05) is 47.5 Å². The van der Waals surface area contributed by atoms with Crippen LogP contribution in [0.3, 0.4) is 0 Å². The normalized spacial score (nSPS) is 14.3. The van der Waals surface area contributed by atoms with Crippen molar-refractivity contribution < 1.29 is 28.6 Å². The van der Waals surface area contributed by atoms with Crippen LogP contribution in [0, 0.1) is 11.6 Å². The summed E-state index contributed by atoms with van der Waals surface area (Å²) in [6.07, 6.45) is 9.00. The molecule has 2 aliphatic carbocycles. The number of aromatic nitrogens is 4. The van der Waals surface area contributed by atoms with Gasteiger partial charge >= 0.3 is 11.9 Å². The molecule has 4 aromatic heterocycles. The third kappa shape index (κ3) is 11.0. The molecule has 0 saturated carbocycles. The third-order valence-electron chi connectivity index (χ3n) is 9.60. The van der Waals surface area contributed by atoms with Crippen molar-refractivity contribution in [2.75, 3.05) is 10.9 Å². The highest BCUT2D eigenvalue weighted by molar-refractivity contribution is 7.80. The van der Waals surface area contributed by atoms with E-state index in [4.69, 9.17) is 63.7 Å². The number of rotatable bonds is 7. The van der Waals surface area contributed by atoms with E-state index in [9.17, 15) is 18.4 Å². The lowest BCUT2D eigenvalue weighted by atomic mass is 9.96. The number of benzene rings is 2. The smallest absolute Gasteiger partial charge is 0.337 e. The van der Waals surface area contributed by atoms with E-state index in [1.807, 2.05) is 30.3 Å². The molecule has 2 atom stereocenters. The largest absolute Gasteiger partial charge is 0.478 e. The molecular weight excluding hydrogens is 882 g/mol. The second-order valence-electron chi connectivity index (χ2n) is 13.4. The molecule has 20 heteroatoms. The minimum atomic E-state index is -1.13. The monoisotopic (exact) mass is 914 g/mol. The SMILES string of the molecule is Fc1ccc2c(c1)C(N=C=S)c1cccnc1CC2.NNc1ncc(C(=O)O)cc1Cl.O=C(O)c1cnc(NNC(=S)NC2c3cc(F)ccc3CCc3ncccc32)c(Cl)c1. The van der Waals surface area contributed by atoms with Gasteiger partial charge in [0.15, 0.2) is 16.7 Å². The predicted molar refractivity (Wildman–Crippen MR) is 238 cm³/mol. The second-order valence-corrected chi connectivity index (χ2v) is 14.8. The van der Waals surface area contributed by atoms with Crippen LogP contribution in [-0.4, -0.2) is 52.4 Å². The summed E-state index contributed by atoms with van der Waals surface area (Å²) in [6, 6.07) is 19.1. The fourth-order valence-electron chi connectivity index (χ4n) is 6.72. The van der Waals surface area contributed by atoms with E-state index in [1.54, 1.807) is 18.5 Å². The van der Waals surface area contributed by atoms with Crippen molar-refractivity contribution in [3.63, 3.8) is 0 Å². The van der Waals surface area contributed by atoms with E-state index < -0.39 is 18.0 Å². The van der Waals surface area contributed by atoms with Gasteiger partial charge in [0.05, 0.1) is 32.4 Å². The predicted octanol–water partition coefficient (Wildman–Crippen LogP) is 7.88. The Morgan fingerprint density at radius 2 is 1.27 bits per heavy atom. The van der Waals surface area contributed by atoms with Gasteiger partial charge in [-0.25, -0.2) is 39.2 Å². The fourth-order valence-corrected chi connectivity index (χ4v) is 7.43. The highest BCUT2D eigenvalue weighted by atomic mass is 35.5. The number of thiocarbonyl (C=S) groups is 2. The summed E-state index contributed by atoms with van der Waals surface area (Å²) in [4.78, 5) is 42.2. The number of fused-ring (bicyclic) bond motifs is 4. The van der Waals surface area contributed by atoms with Crippen LogP contribution in [0.5, 0.6) is 0 Å². The number of anilines is 2. The number of carboxylic acids is 2. The van der Waals surface area contributed by atoms with Crippen LogP contribution in [0.2, 0.25) is 10.0 Å². The molecule has 0 radical (unpaired) electrons. The van der Waals surface area contributed by atoms with Crippen LogP contribution < -0.4 is 27.4 Å². The molecule has 2 aromatic carbocycles. The number of hydrogen-bond donors (Lipinski definition) is 7. The molecule has 6 aromatic rings. The van der Waals surface area contributed by atoms with Crippen molar-refractivity contribution in [3.05, 3.63) is 175 Å². The zero-order valence-electron chi connectivity index (χ0n) is 32.1. The van der Waals surface area contributed by atoms with Crippen LogP contribution in [-0.2, 0) is 25.7 Å². The molecule has 0 aliphatic heterocycles. The van der Waals surface area contributed by atoms with Gasteiger partial charge in [0.25, 0.3) is 0 Å². The average molecular weight is 916 g/mol. The maximum atomic E-state index is 14.0. The summed E-state index contributed by atoms with van der Waals surface area (Å²) in [7, 11) is 0. The van der Waals surface area contributed by atoms with Crippen molar-refractivity contribution >= 4 is 81.5 Å². The number of aromatic carboxylic acids is 2. The molecule has 316 valence electrons. The maximum absolute atomic E-state index is 14.0. The summed E-state index contributed by atoms with van der Waals surface area (Å²) < 4.78 is 27.6. The van der Waals surface area contributed by atoms with Gasteiger partial charge in [0, 0.05) is 47.3 Å². The number of nitrogens with zero attached hydrogens (tertiary/aromatic N) is 5. The Morgan fingerprint density at radius 1 is 0.742 bits per heavy atom. The summed E-state index contributed by atoms with van der Waals surface area (Å²) >= 11 is 21.8. The maximum Gasteiger partial charge on any atom is 0.337 e. The topological polar surface area (TPSA) is 213 Å². The Bertz CT molecular complexity index is 2710. The first-order chi connectivity index (χ1) is 29.9. The zero-order chi connectivity index (χ0) is 44.3. The van der Waals surface area contributed by atoms with Gasteiger partial charge in [0.1, 0.15) is 17.7 Å². The number of aliphatic imine (C=N–C) groups is 1. The van der Waals surface area contributed by atoms with Gasteiger partial charge in [0.2, 0.25) is 0 Å². The molecule has 8 N–H and O–H groups in total. The highest BCUT2D eigenvalue weighted by Gasteiger charge is 2.26. The lowest BCUT2D eigenvalue weighted by molar-refractivity contribution is 0.0685. The second kappa shape index (κ2) is 20.8. The van der Waals surface area contributed by atoms with E-state index in [1.165, 1.54) is 48.8 Å². The third-order valence-corrected chi connectivity index (χ3v) is 10.5. The van der Waals surface area contributed by atoms with E-state index in [-0.39, 0.29) is 55.6 Å². The quantitative estimate of drug-likeness (QED) is 0.0351. The van der Waals surface area contributed by atoms with Gasteiger partial charge < -0.3 is 21.0 Å². The summed E-state index contributed by atoms with van der Waals surface area (Å²) in [6.45, 7) is 0. The number of carboxylic acid groups (broad SMARTS) is 2. The summed E-state index contributed by atoms with van der Waals surface area (Å²) in [5.74, 6) is 2.71. The number of pyridine rings is 4. The molecule has 0 bridgehead atoms. The number of nitrogens with one attached hydrogen (secondary N) is 4. The molecule has 2 aliphatic rings. The Labute approximate surface area is 373 Å². The van der Waals surface area contributed by atoms with Gasteiger partial charge in [-0.15, -0.1) is 0 Å². The minimum absolute atomic E-state index is 0.0269. The number of hydrazine groups is 2. The Hall–Kier alpha value is -6.53. The van der Waals surface area contributed by atoms with Crippen LogP contribution in [0.4, 0.5) is 20.4 Å². The molecular formula is C42H34Cl2F2N10O4S2. The van der Waals surface area contributed by atoms with E-state index in [2.05, 4.69) is 51.7 Å².